The van der Waals surface area contributed by atoms with Crippen LogP contribution in [0.1, 0.15) is 308 Å². The van der Waals surface area contributed by atoms with E-state index < -0.39 is 59.6 Å². The van der Waals surface area contributed by atoms with Crippen LogP contribution >= 0.6 is 23.5 Å². The number of rotatable bonds is 54. The number of carbonyl (C=O) groups excluding carboxylic acids is 6. The Balaban J connectivity index is 0.000000466. The number of carbonyl (C=O) groups is 6. The smallest absolute Gasteiger partial charge is 0.407 e. The fourth-order valence-electron chi connectivity index (χ4n) is 13.6. The molecule has 0 bridgehead atoms. The molecule has 6 rings (SSSR count). The van der Waals surface area contributed by atoms with E-state index in [0.29, 0.717) is 56.6 Å². The third kappa shape index (κ3) is 37.4. The van der Waals surface area contributed by atoms with Gasteiger partial charge < -0.3 is 49.3 Å². The van der Waals surface area contributed by atoms with E-state index in [2.05, 4.69) is 60.9 Å². The Morgan fingerprint density at radius 1 is 0.406 bits per heavy atom. The van der Waals surface area contributed by atoms with Gasteiger partial charge >= 0.3 is 36.1 Å². The maximum atomic E-state index is 13.5. The molecule has 2 aliphatic carbocycles. The molecule has 2 amide bonds. The highest BCUT2D eigenvalue weighted by Crippen LogP contribution is 2.46. The Labute approximate surface area is 646 Å². The highest BCUT2D eigenvalue weighted by Gasteiger charge is 2.34. The van der Waals surface area contributed by atoms with Crippen molar-refractivity contribution in [1.82, 2.24) is 10.6 Å². The number of amides is 2. The maximum absolute atomic E-state index is 13.5. The summed E-state index contributed by atoms with van der Waals surface area (Å²) in [7, 11) is 0. The first kappa shape index (κ1) is 90.5. The standard InChI is InChI=1S/C60H97NO8S.C28H37NO6S/c1-6-8-10-12-14-16-18-20-22-24-26-28-30-43-56(62)66-45-37-36-38-49(68-57(63)44-31-29-27-25-23-21-19-17-15-13-11-9-7-2)47-70-48-55(58(64)69-60(3,4)5)61-59(65)67-46-54-52-41-34-32-39-50(52)51-40-33-35-42-53(51)54;1-28(2,3)35-26(32)25(18-36-17-19(31)10-8-9-15-30)29-27(33)34-16-24-22-13-6-4-11-20(22)21-12-5-7-14-23(21)24/h32-35,39-42,49,54-55H,6-31,36-38,43-48H2,1-5H3,(H,61,65);4-7,11-14,19,24-25,30-31H,8-10,15-18H2,1-3H3,(H,29,33)/t49-,55+;19-,25+/m11/s1. The lowest BCUT2D eigenvalue weighted by Crippen LogP contribution is -2.46. The lowest BCUT2D eigenvalue weighted by atomic mass is 9.98. The van der Waals surface area contributed by atoms with Crippen LogP contribution in [0.4, 0.5) is 9.59 Å². The van der Waals surface area contributed by atoms with E-state index >= 15 is 0 Å². The highest BCUT2D eigenvalue weighted by atomic mass is 32.2. The van der Waals surface area contributed by atoms with Gasteiger partial charge in [0.25, 0.3) is 0 Å². The lowest BCUT2D eigenvalue weighted by Gasteiger charge is -2.25. The summed E-state index contributed by atoms with van der Waals surface area (Å²) in [6, 6.07) is 30.6. The van der Waals surface area contributed by atoms with Crippen LogP contribution in [0.15, 0.2) is 97.1 Å². The molecule has 4 atom stereocenters. The minimum absolute atomic E-state index is 0.0773. The monoisotopic (exact) mass is 1510 g/mol. The molecule has 0 saturated carbocycles. The number of unbranched alkanes of at least 4 members (excludes halogenated alkanes) is 26. The van der Waals surface area contributed by atoms with Gasteiger partial charge in [-0.05, 0) is 137 Å². The van der Waals surface area contributed by atoms with Crippen molar-refractivity contribution in [2.24, 2.45) is 0 Å². The zero-order valence-corrected chi connectivity index (χ0v) is 67.6. The van der Waals surface area contributed by atoms with Crippen molar-refractivity contribution in [2.45, 2.75) is 321 Å². The third-order valence-corrected chi connectivity index (χ3v) is 21.6. The summed E-state index contributed by atoms with van der Waals surface area (Å²) in [5, 5.41) is 24.5. The molecule has 0 fully saturated rings. The highest BCUT2D eigenvalue weighted by molar-refractivity contribution is 7.99. The number of fused-ring (bicyclic) bond motifs is 6. The third-order valence-electron chi connectivity index (χ3n) is 19.2. The zero-order chi connectivity index (χ0) is 76.6. The van der Waals surface area contributed by atoms with Crippen molar-refractivity contribution in [1.29, 1.82) is 0 Å². The average Bonchev–Trinajstić information content (AvgIpc) is 1.63. The minimum Gasteiger partial charge on any atom is -0.466 e. The summed E-state index contributed by atoms with van der Waals surface area (Å²) < 4.78 is 34.3. The number of alkyl carbamates (subject to hydrolysis) is 2. The number of benzene rings is 4. The first-order chi connectivity index (χ1) is 51.2. The topological polar surface area (TPSA) is 222 Å². The Bertz CT molecular complexity index is 3040. The summed E-state index contributed by atoms with van der Waals surface area (Å²) in [5.74, 6) is -0.328. The van der Waals surface area contributed by atoms with E-state index in [1.165, 1.54) is 158 Å². The van der Waals surface area contributed by atoms with Crippen molar-refractivity contribution >= 4 is 59.6 Å². The first-order valence-electron chi connectivity index (χ1n) is 40.7. The van der Waals surface area contributed by atoms with Gasteiger partial charge in [0, 0.05) is 54.3 Å². The molecule has 0 spiro atoms. The van der Waals surface area contributed by atoms with Gasteiger partial charge in [0.15, 0.2) is 0 Å². The van der Waals surface area contributed by atoms with Crippen molar-refractivity contribution in [3.8, 4) is 22.3 Å². The van der Waals surface area contributed by atoms with Gasteiger partial charge in [-0.25, -0.2) is 19.2 Å². The molecule has 592 valence electrons. The molecular formula is C88H134N2O14S2. The number of esters is 4. The predicted octanol–water partition coefficient (Wildman–Crippen LogP) is 21.0. The molecule has 0 saturated heterocycles. The van der Waals surface area contributed by atoms with Crippen LogP contribution in [-0.2, 0) is 47.6 Å². The fourth-order valence-corrected chi connectivity index (χ4v) is 15.7. The predicted molar refractivity (Wildman–Crippen MR) is 433 cm³/mol. The molecule has 0 aromatic heterocycles. The van der Waals surface area contributed by atoms with Crippen molar-refractivity contribution in [3.63, 3.8) is 0 Å². The summed E-state index contributed by atoms with van der Waals surface area (Å²) in [6.07, 6.45) is 35.0. The SMILES string of the molecule is CC(C)(C)OC(=O)[C@H](CSC[C@H](O)CCCCO)NC(=O)OCC1c2ccccc2-c2ccccc21.CCCCCCCCCCCCCCCC(=O)OCCCC[C@H](CSC[C@H](NC(=O)OCC1c2ccccc2-c2ccccc21)C(=O)OC(C)(C)C)OC(=O)CCCCCCCCCCCCCCC. The van der Waals surface area contributed by atoms with E-state index in [9.17, 15) is 33.9 Å². The average molecular weight is 1510 g/mol. The van der Waals surface area contributed by atoms with Crippen molar-refractivity contribution in [2.75, 3.05) is 49.4 Å². The van der Waals surface area contributed by atoms with Crippen LogP contribution in [0.2, 0.25) is 0 Å². The van der Waals surface area contributed by atoms with Crippen LogP contribution in [0.5, 0.6) is 0 Å². The number of thioether (sulfide) groups is 2. The molecule has 0 heterocycles. The summed E-state index contributed by atoms with van der Waals surface area (Å²) in [5.41, 5.74) is 7.53. The lowest BCUT2D eigenvalue weighted by molar-refractivity contribution is -0.157. The van der Waals surface area contributed by atoms with Gasteiger partial charge in [0.2, 0.25) is 0 Å². The van der Waals surface area contributed by atoms with Crippen molar-refractivity contribution < 1.29 is 67.4 Å². The Morgan fingerprint density at radius 3 is 1.11 bits per heavy atom. The Kier molecular flexibility index (Phi) is 45.2. The molecule has 0 aliphatic heterocycles. The normalized spacial score (nSPS) is 13.5. The number of ether oxygens (including phenoxy) is 6. The molecular weight excluding hydrogens is 1370 g/mol. The molecule has 0 unspecified atom stereocenters. The van der Waals surface area contributed by atoms with Gasteiger partial charge in [0.05, 0.1) is 12.7 Å². The number of aliphatic hydroxyl groups is 2. The number of hydrogen-bond acceptors (Lipinski definition) is 16. The molecule has 2 aliphatic rings. The quantitative estimate of drug-likeness (QED) is 0.0183. The zero-order valence-electron chi connectivity index (χ0n) is 66.0. The molecule has 18 heteroatoms. The second kappa shape index (κ2) is 52.9. The Hall–Kier alpha value is -6.08. The van der Waals surface area contributed by atoms with Crippen molar-refractivity contribution in [3.05, 3.63) is 119 Å². The second-order valence-corrected chi connectivity index (χ2v) is 33.0. The van der Waals surface area contributed by atoms with Gasteiger partial charge in [-0.1, -0.05) is 265 Å². The van der Waals surface area contributed by atoms with E-state index in [0.717, 1.165) is 89.5 Å². The largest absolute Gasteiger partial charge is 0.466 e. The van der Waals surface area contributed by atoms with E-state index in [1.54, 1.807) is 41.5 Å². The number of nitrogens with one attached hydrogen (secondary N) is 2. The molecule has 4 aromatic rings. The van der Waals surface area contributed by atoms with E-state index in [1.807, 2.05) is 60.7 Å². The minimum atomic E-state index is -0.976. The van der Waals surface area contributed by atoms with Gasteiger partial charge in [-0.2, -0.15) is 23.5 Å². The van der Waals surface area contributed by atoms with Crippen LogP contribution in [-0.4, -0.2) is 131 Å². The second-order valence-electron chi connectivity index (χ2n) is 30.9. The maximum Gasteiger partial charge on any atom is 0.407 e. The molecule has 106 heavy (non-hydrogen) atoms. The molecule has 0 radical (unpaired) electrons. The molecule has 4 N–H and O–H groups in total. The van der Waals surface area contributed by atoms with Crippen LogP contribution in [0, 0.1) is 0 Å². The molecule has 16 nitrogen and oxygen atoms in total. The van der Waals surface area contributed by atoms with Gasteiger partial charge in [-0.3, -0.25) is 9.59 Å². The summed E-state index contributed by atoms with van der Waals surface area (Å²) >= 11 is 2.80. The summed E-state index contributed by atoms with van der Waals surface area (Å²) in [4.78, 5) is 78.1. The Morgan fingerprint density at radius 2 is 0.745 bits per heavy atom. The van der Waals surface area contributed by atoms with E-state index in [4.69, 9.17) is 33.5 Å². The van der Waals surface area contributed by atoms with E-state index in [-0.39, 0.29) is 55.1 Å². The van der Waals surface area contributed by atoms with Crippen LogP contribution in [0.25, 0.3) is 22.3 Å². The van der Waals surface area contributed by atoms with Gasteiger partial charge in [-0.15, -0.1) is 0 Å². The first-order valence-corrected chi connectivity index (χ1v) is 43.0. The summed E-state index contributed by atoms with van der Waals surface area (Å²) in [6.45, 7) is 16.0. The van der Waals surface area contributed by atoms with Crippen LogP contribution < -0.4 is 10.6 Å². The van der Waals surface area contributed by atoms with Gasteiger partial charge in [0.1, 0.15) is 42.6 Å². The fraction of sp³-hybridized carbons (Fsp3) is 0.659. The number of aliphatic hydroxyl groups excluding tert-OH is 2. The van der Waals surface area contributed by atoms with Crippen LogP contribution in [0.3, 0.4) is 0 Å². The number of hydrogen-bond donors (Lipinski definition) is 4. The molecule has 4 aromatic carbocycles.